The highest BCUT2D eigenvalue weighted by Crippen LogP contribution is 2.20. The number of phenolic OH excluding ortho intramolecular Hbond substituents is 1. The van der Waals surface area contributed by atoms with Crippen molar-refractivity contribution in [1.82, 2.24) is 4.90 Å². The van der Waals surface area contributed by atoms with E-state index >= 15 is 0 Å². The van der Waals surface area contributed by atoms with E-state index in [0.717, 1.165) is 0 Å². The predicted molar refractivity (Wildman–Crippen MR) is 55.4 cm³/mol. The quantitative estimate of drug-likeness (QED) is 0.422. The van der Waals surface area contributed by atoms with Gasteiger partial charge in [-0.05, 0) is 32.3 Å². The molecule has 0 unspecified atom stereocenters. The number of likely N-dealkylation sites (N-methyl/N-ethyl adjacent to an activating group) is 1. The van der Waals surface area contributed by atoms with Crippen LogP contribution in [-0.2, 0) is 0 Å². The molecule has 0 bridgehead atoms. The number of benzene rings is 1. The molecule has 0 saturated carbocycles. The monoisotopic (exact) mass is 194 g/mol. The molecule has 0 amide bonds. The van der Waals surface area contributed by atoms with E-state index in [1.807, 2.05) is 0 Å². The molecule has 1 rings (SSSR count). The van der Waals surface area contributed by atoms with E-state index < -0.39 is 0 Å². The van der Waals surface area contributed by atoms with Crippen LogP contribution in [0.1, 0.15) is 10.4 Å². The molecule has 76 valence electrons. The average molecular weight is 194 g/mol. The Kier molecular flexibility index (Phi) is 3.09. The molecule has 1 aromatic rings. The SMILES string of the molecule is CN(C)CC(=O)c1cc(N)ccc1O. The van der Waals surface area contributed by atoms with Gasteiger partial charge in [-0.3, -0.25) is 4.79 Å². The summed E-state index contributed by atoms with van der Waals surface area (Å²) in [4.78, 5) is 13.3. The number of phenols is 1. The largest absolute Gasteiger partial charge is 0.507 e. The van der Waals surface area contributed by atoms with Gasteiger partial charge in [0.2, 0.25) is 0 Å². The van der Waals surface area contributed by atoms with Crippen LogP contribution < -0.4 is 5.73 Å². The number of carbonyl (C=O) groups excluding carboxylic acids is 1. The van der Waals surface area contributed by atoms with Crippen molar-refractivity contribution in [1.29, 1.82) is 0 Å². The van der Waals surface area contributed by atoms with Crippen molar-refractivity contribution in [3.05, 3.63) is 23.8 Å². The fourth-order valence-electron chi connectivity index (χ4n) is 1.15. The number of Topliss-reactive ketones (excluding diaryl/α,β-unsaturated/α-hetero) is 1. The molecule has 0 aliphatic carbocycles. The maximum absolute atomic E-state index is 11.6. The van der Waals surface area contributed by atoms with Crippen molar-refractivity contribution < 1.29 is 9.90 Å². The first-order valence-electron chi connectivity index (χ1n) is 4.27. The maximum Gasteiger partial charge on any atom is 0.180 e. The summed E-state index contributed by atoms with van der Waals surface area (Å²) >= 11 is 0. The first kappa shape index (κ1) is 10.5. The molecule has 0 aromatic heterocycles. The summed E-state index contributed by atoms with van der Waals surface area (Å²) in [7, 11) is 3.59. The Hall–Kier alpha value is -1.55. The van der Waals surface area contributed by atoms with Crippen LogP contribution in [0.5, 0.6) is 5.75 Å². The minimum absolute atomic E-state index is 0.0222. The van der Waals surface area contributed by atoms with Gasteiger partial charge in [0.05, 0.1) is 12.1 Å². The lowest BCUT2D eigenvalue weighted by Crippen LogP contribution is -2.21. The van der Waals surface area contributed by atoms with Gasteiger partial charge in [0.1, 0.15) is 5.75 Å². The maximum atomic E-state index is 11.6. The van der Waals surface area contributed by atoms with Gasteiger partial charge in [0.25, 0.3) is 0 Å². The molecular weight excluding hydrogens is 180 g/mol. The second-order valence-corrected chi connectivity index (χ2v) is 3.44. The zero-order valence-corrected chi connectivity index (χ0v) is 8.32. The third kappa shape index (κ3) is 2.47. The molecule has 0 heterocycles. The van der Waals surface area contributed by atoms with Gasteiger partial charge in [0, 0.05) is 5.69 Å². The normalized spacial score (nSPS) is 10.5. The molecule has 0 aliphatic rings. The van der Waals surface area contributed by atoms with Gasteiger partial charge < -0.3 is 15.7 Å². The van der Waals surface area contributed by atoms with Crippen LogP contribution in [0.2, 0.25) is 0 Å². The highest BCUT2D eigenvalue weighted by atomic mass is 16.3. The van der Waals surface area contributed by atoms with E-state index in [0.29, 0.717) is 5.69 Å². The molecule has 1 aromatic carbocycles. The standard InChI is InChI=1S/C10H14N2O2/c1-12(2)6-10(14)8-5-7(11)3-4-9(8)13/h3-5,13H,6,11H2,1-2H3. The molecule has 0 radical (unpaired) electrons. The van der Waals surface area contributed by atoms with Crippen molar-refractivity contribution >= 4 is 11.5 Å². The molecule has 0 aliphatic heterocycles. The van der Waals surface area contributed by atoms with Crippen molar-refractivity contribution in [3.63, 3.8) is 0 Å². The van der Waals surface area contributed by atoms with Crippen molar-refractivity contribution in [2.24, 2.45) is 0 Å². The Bertz CT molecular complexity index is 348. The molecule has 0 atom stereocenters. The summed E-state index contributed by atoms with van der Waals surface area (Å²) in [6.45, 7) is 0.261. The third-order valence-electron chi connectivity index (χ3n) is 1.78. The number of nitrogens with two attached hydrogens (primary N) is 1. The minimum Gasteiger partial charge on any atom is -0.507 e. The van der Waals surface area contributed by atoms with Gasteiger partial charge in [0.15, 0.2) is 5.78 Å². The second kappa shape index (κ2) is 4.11. The number of aromatic hydroxyl groups is 1. The summed E-state index contributed by atoms with van der Waals surface area (Å²) < 4.78 is 0. The van der Waals surface area contributed by atoms with Gasteiger partial charge in [-0.2, -0.15) is 0 Å². The molecule has 0 spiro atoms. The van der Waals surface area contributed by atoms with Crippen molar-refractivity contribution in [2.45, 2.75) is 0 Å². The smallest absolute Gasteiger partial charge is 0.180 e. The average Bonchev–Trinajstić information content (AvgIpc) is 2.08. The zero-order chi connectivity index (χ0) is 10.7. The fourth-order valence-corrected chi connectivity index (χ4v) is 1.15. The van der Waals surface area contributed by atoms with E-state index in [-0.39, 0.29) is 23.6 Å². The van der Waals surface area contributed by atoms with E-state index in [1.54, 1.807) is 25.1 Å². The van der Waals surface area contributed by atoms with Crippen LogP contribution in [0.4, 0.5) is 5.69 Å². The number of nitrogen functional groups attached to an aromatic ring is 1. The molecule has 4 nitrogen and oxygen atoms in total. The lowest BCUT2D eigenvalue weighted by molar-refractivity contribution is 0.0955. The lowest BCUT2D eigenvalue weighted by Gasteiger charge is -2.09. The summed E-state index contributed by atoms with van der Waals surface area (Å²) in [5, 5.41) is 9.42. The summed E-state index contributed by atoms with van der Waals surface area (Å²) in [5.41, 5.74) is 6.27. The van der Waals surface area contributed by atoms with E-state index in [4.69, 9.17) is 5.73 Å². The highest BCUT2D eigenvalue weighted by Gasteiger charge is 2.11. The molecule has 3 N–H and O–H groups in total. The zero-order valence-electron chi connectivity index (χ0n) is 8.32. The Labute approximate surface area is 82.9 Å². The first-order valence-corrected chi connectivity index (χ1v) is 4.27. The van der Waals surface area contributed by atoms with Crippen LogP contribution in [0.25, 0.3) is 0 Å². The summed E-state index contributed by atoms with van der Waals surface area (Å²) in [6.07, 6.45) is 0. The summed E-state index contributed by atoms with van der Waals surface area (Å²) in [5.74, 6) is -0.161. The number of hydrogen-bond donors (Lipinski definition) is 2. The highest BCUT2D eigenvalue weighted by molar-refractivity contribution is 6.00. The van der Waals surface area contributed by atoms with Gasteiger partial charge in [-0.1, -0.05) is 0 Å². The number of anilines is 1. The van der Waals surface area contributed by atoms with Crippen LogP contribution in [0.15, 0.2) is 18.2 Å². The van der Waals surface area contributed by atoms with Crippen molar-refractivity contribution in [2.75, 3.05) is 26.4 Å². The Balaban J connectivity index is 2.94. The van der Waals surface area contributed by atoms with Crippen molar-refractivity contribution in [3.8, 4) is 5.75 Å². The van der Waals surface area contributed by atoms with E-state index in [1.165, 1.54) is 12.1 Å². The molecule has 4 heteroatoms. The Morgan fingerprint density at radius 2 is 2.14 bits per heavy atom. The van der Waals surface area contributed by atoms with Crippen LogP contribution in [0, 0.1) is 0 Å². The van der Waals surface area contributed by atoms with Crippen LogP contribution in [0.3, 0.4) is 0 Å². The molecular formula is C10H14N2O2. The number of nitrogens with zero attached hydrogens (tertiary/aromatic N) is 1. The number of rotatable bonds is 3. The first-order chi connectivity index (χ1) is 6.50. The van der Waals surface area contributed by atoms with Gasteiger partial charge >= 0.3 is 0 Å². The third-order valence-corrected chi connectivity index (χ3v) is 1.78. The van der Waals surface area contributed by atoms with Crippen LogP contribution >= 0.6 is 0 Å². The van der Waals surface area contributed by atoms with E-state index in [2.05, 4.69) is 0 Å². The number of hydrogen-bond acceptors (Lipinski definition) is 4. The minimum atomic E-state index is -0.139. The second-order valence-electron chi connectivity index (χ2n) is 3.44. The topological polar surface area (TPSA) is 66.6 Å². The van der Waals surface area contributed by atoms with E-state index in [9.17, 15) is 9.90 Å². The lowest BCUT2D eigenvalue weighted by atomic mass is 10.1. The Morgan fingerprint density at radius 3 is 2.71 bits per heavy atom. The summed E-state index contributed by atoms with van der Waals surface area (Å²) in [6, 6.07) is 4.47. The van der Waals surface area contributed by atoms with Gasteiger partial charge in [-0.15, -0.1) is 0 Å². The molecule has 0 saturated heterocycles. The molecule has 14 heavy (non-hydrogen) atoms. The number of ketones is 1. The predicted octanol–water partition coefficient (Wildman–Crippen LogP) is 0.719. The molecule has 0 fully saturated rings. The van der Waals surface area contributed by atoms with Gasteiger partial charge in [-0.25, -0.2) is 0 Å². The Morgan fingerprint density at radius 1 is 1.50 bits per heavy atom. The number of carbonyl (C=O) groups is 1. The fraction of sp³-hybridized carbons (Fsp3) is 0.300. The van der Waals surface area contributed by atoms with Crippen LogP contribution in [-0.4, -0.2) is 36.4 Å².